The van der Waals surface area contributed by atoms with Crippen LogP contribution in [0.15, 0.2) is 53.7 Å². The highest BCUT2D eigenvalue weighted by Gasteiger charge is 2.20. The van der Waals surface area contributed by atoms with Crippen LogP contribution in [0.4, 0.5) is 29.0 Å². The van der Waals surface area contributed by atoms with Gasteiger partial charge in [0.05, 0.1) is 31.2 Å². The van der Waals surface area contributed by atoms with Gasteiger partial charge in [0.1, 0.15) is 23.6 Å². The normalized spacial score (nSPS) is 14.2. The summed E-state index contributed by atoms with van der Waals surface area (Å²) in [5.74, 6) is 1.21. The van der Waals surface area contributed by atoms with E-state index in [4.69, 9.17) is 14.2 Å². The molecular formula is C27H38N8O5S. The number of benzene rings is 2. The van der Waals surface area contributed by atoms with Crippen molar-refractivity contribution in [2.45, 2.75) is 11.8 Å². The molecule has 0 atom stereocenters. The van der Waals surface area contributed by atoms with Gasteiger partial charge in [-0.05, 0) is 31.3 Å². The van der Waals surface area contributed by atoms with Crippen LogP contribution in [0.5, 0.6) is 5.75 Å². The minimum atomic E-state index is -3.69. The van der Waals surface area contributed by atoms with E-state index in [1.54, 1.807) is 32.2 Å². The van der Waals surface area contributed by atoms with Crippen LogP contribution < -0.4 is 25.0 Å². The van der Waals surface area contributed by atoms with Gasteiger partial charge in [-0.15, -0.1) is 0 Å². The molecule has 1 fully saturated rings. The molecule has 1 aromatic heterocycles. The Morgan fingerprint density at radius 2 is 1.66 bits per heavy atom. The van der Waals surface area contributed by atoms with E-state index in [0.717, 1.165) is 43.3 Å². The number of ether oxygens (including phenoxy) is 3. The maximum absolute atomic E-state index is 12.6. The lowest BCUT2D eigenvalue weighted by Gasteiger charge is -2.35. The van der Waals surface area contributed by atoms with Gasteiger partial charge < -0.3 is 34.6 Å². The van der Waals surface area contributed by atoms with E-state index in [1.807, 2.05) is 18.2 Å². The Labute approximate surface area is 241 Å². The van der Waals surface area contributed by atoms with Crippen LogP contribution in [-0.4, -0.2) is 102 Å². The number of aromatic nitrogens is 3. The molecule has 0 radical (unpaired) electrons. The van der Waals surface area contributed by atoms with E-state index in [9.17, 15) is 8.42 Å². The molecule has 2 heterocycles. The maximum Gasteiger partial charge on any atom is 0.242 e. The molecule has 0 unspecified atom stereocenters. The van der Waals surface area contributed by atoms with Crippen molar-refractivity contribution >= 4 is 39.0 Å². The first-order valence-electron chi connectivity index (χ1n) is 13.5. The number of methoxy groups -OCH3 is 1. The van der Waals surface area contributed by atoms with Crippen molar-refractivity contribution in [2.24, 2.45) is 0 Å². The predicted molar refractivity (Wildman–Crippen MR) is 158 cm³/mol. The van der Waals surface area contributed by atoms with Crippen molar-refractivity contribution in [3.8, 4) is 5.75 Å². The summed E-state index contributed by atoms with van der Waals surface area (Å²) in [6.45, 7) is 7.62. The molecule has 222 valence electrons. The Morgan fingerprint density at radius 3 is 2.41 bits per heavy atom. The number of nitrogens with one attached hydrogen (secondary N) is 3. The van der Waals surface area contributed by atoms with Gasteiger partial charge in [-0.25, -0.2) is 23.1 Å². The summed E-state index contributed by atoms with van der Waals surface area (Å²) >= 11 is 0. The Hall–Kier alpha value is -3.56. The number of hydrogen-bond donors (Lipinski definition) is 3. The number of nitrogens with zero attached hydrogens (tertiary/aromatic N) is 5. The SMILES string of the molecule is CCNS(=O)(=O)c1ccccc1Nc1ncnc(Nc2ccc(N3CCN(C)CC3)c(OCCOCCOC)c2)n1. The fourth-order valence-corrected chi connectivity index (χ4v) is 5.41. The van der Waals surface area contributed by atoms with E-state index in [-0.39, 0.29) is 23.3 Å². The molecule has 41 heavy (non-hydrogen) atoms. The van der Waals surface area contributed by atoms with Gasteiger partial charge in [-0.3, -0.25) is 0 Å². The van der Waals surface area contributed by atoms with Crippen LogP contribution in [0.2, 0.25) is 0 Å². The number of anilines is 5. The van der Waals surface area contributed by atoms with E-state index >= 15 is 0 Å². The Kier molecular flexibility index (Phi) is 11.0. The Morgan fingerprint density at radius 1 is 0.927 bits per heavy atom. The Balaban J connectivity index is 1.50. The quantitative estimate of drug-likeness (QED) is 0.225. The van der Waals surface area contributed by atoms with Crippen LogP contribution in [0.3, 0.4) is 0 Å². The summed E-state index contributed by atoms with van der Waals surface area (Å²) in [7, 11) is 0.0705. The number of rotatable bonds is 15. The number of sulfonamides is 1. The third-order valence-electron chi connectivity index (χ3n) is 6.31. The molecule has 1 aliphatic rings. The lowest BCUT2D eigenvalue weighted by atomic mass is 10.2. The van der Waals surface area contributed by atoms with Crippen molar-refractivity contribution in [2.75, 3.05) is 88.8 Å². The van der Waals surface area contributed by atoms with E-state index in [0.29, 0.717) is 32.1 Å². The fraction of sp³-hybridized carbons (Fsp3) is 0.444. The molecule has 3 N–H and O–H groups in total. The first-order chi connectivity index (χ1) is 19.9. The highest BCUT2D eigenvalue weighted by atomic mass is 32.2. The second-order valence-electron chi connectivity index (χ2n) is 9.31. The van der Waals surface area contributed by atoms with Crippen molar-refractivity contribution in [1.29, 1.82) is 0 Å². The summed E-state index contributed by atoms with van der Waals surface area (Å²) in [4.78, 5) is 17.6. The van der Waals surface area contributed by atoms with Crippen molar-refractivity contribution < 1.29 is 22.6 Å². The fourth-order valence-electron chi connectivity index (χ4n) is 4.21. The van der Waals surface area contributed by atoms with Gasteiger partial charge in [0.25, 0.3) is 0 Å². The molecule has 2 aromatic carbocycles. The van der Waals surface area contributed by atoms with Gasteiger partial charge in [-0.1, -0.05) is 19.1 Å². The number of para-hydroxylation sites is 1. The van der Waals surface area contributed by atoms with Crippen LogP contribution >= 0.6 is 0 Å². The first kappa shape index (κ1) is 30.4. The minimum Gasteiger partial charge on any atom is -0.489 e. The van der Waals surface area contributed by atoms with Gasteiger partial charge in [-0.2, -0.15) is 4.98 Å². The van der Waals surface area contributed by atoms with E-state index in [2.05, 4.69) is 47.2 Å². The minimum absolute atomic E-state index is 0.101. The van der Waals surface area contributed by atoms with Crippen LogP contribution in [0.1, 0.15) is 6.92 Å². The molecule has 1 aliphatic heterocycles. The molecule has 14 heteroatoms. The van der Waals surface area contributed by atoms with Crippen LogP contribution in [0.25, 0.3) is 0 Å². The largest absolute Gasteiger partial charge is 0.489 e. The lowest BCUT2D eigenvalue weighted by molar-refractivity contribution is 0.0545. The molecule has 3 aromatic rings. The third-order valence-corrected chi connectivity index (χ3v) is 7.91. The van der Waals surface area contributed by atoms with Crippen LogP contribution in [-0.2, 0) is 19.5 Å². The second-order valence-corrected chi connectivity index (χ2v) is 11.0. The van der Waals surface area contributed by atoms with Gasteiger partial charge >= 0.3 is 0 Å². The number of likely N-dealkylation sites (N-methyl/N-ethyl adjacent to an activating group) is 1. The molecule has 1 saturated heterocycles. The van der Waals surface area contributed by atoms with E-state index in [1.165, 1.54) is 12.4 Å². The topological polar surface area (TPSA) is 143 Å². The van der Waals surface area contributed by atoms with Gasteiger partial charge in [0.15, 0.2) is 0 Å². The molecule has 0 amide bonds. The smallest absolute Gasteiger partial charge is 0.242 e. The first-order valence-corrected chi connectivity index (χ1v) is 15.0. The molecule has 0 spiro atoms. The monoisotopic (exact) mass is 586 g/mol. The zero-order valence-electron chi connectivity index (χ0n) is 23.7. The summed E-state index contributed by atoms with van der Waals surface area (Å²) in [6, 6.07) is 12.5. The van der Waals surface area contributed by atoms with E-state index < -0.39 is 10.0 Å². The molecular weight excluding hydrogens is 548 g/mol. The zero-order chi connectivity index (χ0) is 29.1. The van der Waals surface area contributed by atoms with Crippen molar-refractivity contribution in [1.82, 2.24) is 24.6 Å². The molecule has 4 rings (SSSR count). The van der Waals surface area contributed by atoms with Gasteiger partial charge in [0.2, 0.25) is 21.9 Å². The highest BCUT2D eigenvalue weighted by molar-refractivity contribution is 7.89. The molecule has 13 nitrogen and oxygen atoms in total. The van der Waals surface area contributed by atoms with Gasteiger partial charge in [0, 0.05) is 51.6 Å². The number of hydrogen-bond acceptors (Lipinski definition) is 12. The van der Waals surface area contributed by atoms with Crippen molar-refractivity contribution in [3.05, 3.63) is 48.8 Å². The lowest BCUT2D eigenvalue weighted by Crippen LogP contribution is -2.44. The average molecular weight is 587 g/mol. The van der Waals surface area contributed by atoms with Crippen LogP contribution in [0, 0.1) is 0 Å². The standard InChI is InChI=1S/C27H38N8O5S/c1-4-30-41(36,37)25-8-6-5-7-22(25)32-27-29-20-28-26(33-27)31-21-9-10-23(35-13-11-34(2)12-14-35)24(19-21)40-18-17-39-16-15-38-3/h5-10,19-20,30H,4,11-18H2,1-3H3,(H2,28,29,31,32,33). The Bertz CT molecular complexity index is 1370. The predicted octanol–water partition coefficient (Wildman–Crippen LogP) is 2.45. The summed E-state index contributed by atoms with van der Waals surface area (Å²) < 4.78 is 44.5. The summed E-state index contributed by atoms with van der Waals surface area (Å²) in [5.41, 5.74) is 2.09. The molecule has 0 aliphatic carbocycles. The zero-order valence-corrected chi connectivity index (χ0v) is 24.5. The maximum atomic E-state index is 12.6. The summed E-state index contributed by atoms with van der Waals surface area (Å²) in [5, 5.41) is 6.20. The molecule has 0 saturated carbocycles. The second kappa shape index (κ2) is 14.9. The third kappa shape index (κ3) is 8.71. The van der Waals surface area contributed by atoms with Crippen molar-refractivity contribution in [3.63, 3.8) is 0 Å². The average Bonchev–Trinajstić information content (AvgIpc) is 2.96. The molecule has 0 bridgehead atoms. The summed E-state index contributed by atoms with van der Waals surface area (Å²) in [6.07, 6.45) is 1.35. The number of piperazine rings is 1. The highest BCUT2D eigenvalue weighted by Crippen LogP contribution is 2.33.